The first kappa shape index (κ1) is 14.9. The van der Waals surface area contributed by atoms with Crippen molar-refractivity contribution in [2.75, 3.05) is 13.1 Å². The summed E-state index contributed by atoms with van der Waals surface area (Å²) in [6, 6.07) is 6.25. The van der Waals surface area contributed by atoms with Gasteiger partial charge in [-0.15, -0.1) is 0 Å². The number of H-pyrrole nitrogens is 1. The van der Waals surface area contributed by atoms with Gasteiger partial charge in [0.2, 0.25) is 5.91 Å². The number of imidazole rings is 2. The molecule has 1 saturated heterocycles. The van der Waals surface area contributed by atoms with E-state index in [2.05, 4.69) is 35.1 Å². The highest BCUT2D eigenvalue weighted by Crippen LogP contribution is 2.27. The number of likely N-dealkylation sites (tertiary alicyclic amines) is 1. The van der Waals surface area contributed by atoms with Crippen LogP contribution in [0.1, 0.15) is 30.1 Å². The summed E-state index contributed by atoms with van der Waals surface area (Å²) in [6.45, 7) is 3.98. The standard InChI is InChI=1S/C18H21N5O/c1-13-4-5-15-16(9-13)21-18(20-15)14-3-2-7-23(10-14)17(24)11-22-8-6-19-12-22/h4-6,8-9,12,14H,2-3,7,10-11H2,1H3,(H,20,21)/t14-/m1/s1. The Morgan fingerprint density at radius 1 is 1.42 bits per heavy atom. The topological polar surface area (TPSA) is 66.8 Å². The number of rotatable bonds is 3. The van der Waals surface area contributed by atoms with Crippen molar-refractivity contribution < 1.29 is 4.79 Å². The van der Waals surface area contributed by atoms with Crippen molar-refractivity contribution in [2.24, 2.45) is 0 Å². The molecule has 1 atom stereocenters. The number of hydrogen-bond acceptors (Lipinski definition) is 3. The van der Waals surface area contributed by atoms with Gasteiger partial charge in [0.25, 0.3) is 0 Å². The largest absolute Gasteiger partial charge is 0.342 e. The molecule has 1 aliphatic heterocycles. The molecule has 1 fully saturated rings. The minimum Gasteiger partial charge on any atom is -0.342 e. The lowest BCUT2D eigenvalue weighted by molar-refractivity contribution is -0.133. The van der Waals surface area contributed by atoms with E-state index in [4.69, 9.17) is 4.98 Å². The number of nitrogens with one attached hydrogen (secondary N) is 1. The van der Waals surface area contributed by atoms with Crippen LogP contribution in [0.3, 0.4) is 0 Å². The Morgan fingerprint density at radius 3 is 3.17 bits per heavy atom. The Morgan fingerprint density at radius 2 is 2.33 bits per heavy atom. The molecule has 6 nitrogen and oxygen atoms in total. The van der Waals surface area contributed by atoms with Gasteiger partial charge >= 0.3 is 0 Å². The maximum absolute atomic E-state index is 12.5. The molecule has 24 heavy (non-hydrogen) atoms. The monoisotopic (exact) mass is 323 g/mol. The van der Waals surface area contributed by atoms with Crippen LogP contribution in [0.5, 0.6) is 0 Å². The third-order valence-corrected chi connectivity index (χ3v) is 4.69. The maximum Gasteiger partial charge on any atom is 0.242 e. The highest BCUT2D eigenvalue weighted by atomic mass is 16.2. The van der Waals surface area contributed by atoms with E-state index >= 15 is 0 Å². The van der Waals surface area contributed by atoms with Crippen molar-refractivity contribution >= 4 is 16.9 Å². The van der Waals surface area contributed by atoms with Crippen LogP contribution >= 0.6 is 0 Å². The first-order chi connectivity index (χ1) is 11.7. The van der Waals surface area contributed by atoms with E-state index in [1.165, 1.54) is 5.56 Å². The lowest BCUT2D eigenvalue weighted by Gasteiger charge is -2.32. The zero-order valence-electron chi connectivity index (χ0n) is 13.8. The molecule has 1 aliphatic rings. The molecule has 1 N–H and O–H groups in total. The molecule has 0 spiro atoms. The Hall–Kier alpha value is -2.63. The van der Waals surface area contributed by atoms with E-state index in [0.29, 0.717) is 6.54 Å². The summed E-state index contributed by atoms with van der Waals surface area (Å²) in [5, 5.41) is 0. The Kier molecular flexibility index (Phi) is 3.80. The van der Waals surface area contributed by atoms with E-state index in [9.17, 15) is 4.79 Å². The molecule has 2 aromatic heterocycles. The number of aryl methyl sites for hydroxylation is 1. The van der Waals surface area contributed by atoms with Crippen molar-refractivity contribution in [3.63, 3.8) is 0 Å². The number of aromatic amines is 1. The number of aromatic nitrogens is 4. The van der Waals surface area contributed by atoms with Crippen molar-refractivity contribution in [3.05, 3.63) is 48.3 Å². The molecular formula is C18H21N5O. The molecule has 6 heteroatoms. The van der Waals surface area contributed by atoms with Crippen LogP contribution in [-0.2, 0) is 11.3 Å². The van der Waals surface area contributed by atoms with Gasteiger partial charge in [-0.25, -0.2) is 9.97 Å². The third kappa shape index (κ3) is 2.91. The molecular weight excluding hydrogens is 302 g/mol. The van der Waals surface area contributed by atoms with Gasteiger partial charge in [-0.05, 0) is 37.5 Å². The number of fused-ring (bicyclic) bond motifs is 1. The number of piperidine rings is 1. The second-order valence-electron chi connectivity index (χ2n) is 6.56. The summed E-state index contributed by atoms with van der Waals surface area (Å²) in [5.74, 6) is 1.42. The van der Waals surface area contributed by atoms with E-state index in [-0.39, 0.29) is 11.8 Å². The predicted molar refractivity (Wildman–Crippen MR) is 91.6 cm³/mol. The number of nitrogens with zero attached hydrogens (tertiary/aromatic N) is 4. The third-order valence-electron chi connectivity index (χ3n) is 4.69. The number of hydrogen-bond donors (Lipinski definition) is 1. The summed E-state index contributed by atoms with van der Waals surface area (Å²) in [7, 11) is 0. The van der Waals surface area contributed by atoms with Crippen molar-refractivity contribution in [3.8, 4) is 0 Å². The normalized spacial score (nSPS) is 18.2. The van der Waals surface area contributed by atoms with Crippen LogP contribution in [0.15, 0.2) is 36.9 Å². The molecule has 124 valence electrons. The van der Waals surface area contributed by atoms with Gasteiger partial charge in [0, 0.05) is 31.4 Å². The molecule has 0 saturated carbocycles. The number of carbonyl (C=O) groups excluding carboxylic acids is 1. The van der Waals surface area contributed by atoms with Crippen LogP contribution in [0.2, 0.25) is 0 Å². The van der Waals surface area contributed by atoms with E-state index in [1.54, 1.807) is 12.5 Å². The molecule has 1 amide bonds. The molecule has 0 radical (unpaired) electrons. The summed E-state index contributed by atoms with van der Waals surface area (Å²) < 4.78 is 1.82. The van der Waals surface area contributed by atoms with Gasteiger partial charge in [-0.2, -0.15) is 0 Å². The predicted octanol–water partition coefficient (Wildman–Crippen LogP) is 2.47. The molecule has 1 aromatic carbocycles. The molecule has 3 aromatic rings. The second kappa shape index (κ2) is 6.11. The number of amides is 1. The lowest BCUT2D eigenvalue weighted by atomic mass is 9.97. The van der Waals surface area contributed by atoms with Crippen molar-refractivity contribution in [1.82, 2.24) is 24.4 Å². The first-order valence-electron chi connectivity index (χ1n) is 8.39. The average Bonchev–Trinajstić information content (AvgIpc) is 3.24. The zero-order chi connectivity index (χ0) is 16.5. The maximum atomic E-state index is 12.5. The smallest absolute Gasteiger partial charge is 0.242 e. The Balaban J connectivity index is 1.50. The second-order valence-corrected chi connectivity index (χ2v) is 6.56. The van der Waals surface area contributed by atoms with Crippen LogP contribution in [-0.4, -0.2) is 43.4 Å². The highest BCUT2D eigenvalue weighted by Gasteiger charge is 2.26. The quantitative estimate of drug-likeness (QED) is 0.805. The molecule has 0 unspecified atom stereocenters. The van der Waals surface area contributed by atoms with Gasteiger partial charge in [-0.1, -0.05) is 6.07 Å². The minimum atomic E-state index is 0.143. The Bertz CT molecular complexity index is 852. The van der Waals surface area contributed by atoms with Crippen molar-refractivity contribution in [1.29, 1.82) is 0 Å². The van der Waals surface area contributed by atoms with Crippen LogP contribution < -0.4 is 0 Å². The van der Waals surface area contributed by atoms with E-state index in [0.717, 1.165) is 42.8 Å². The van der Waals surface area contributed by atoms with Gasteiger partial charge in [0.1, 0.15) is 12.4 Å². The van der Waals surface area contributed by atoms with Gasteiger partial charge in [-0.3, -0.25) is 4.79 Å². The van der Waals surface area contributed by atoms with Crippen LogP contribution in [0.25, 0.3) is 11.0 Å². The zero-order valence-corrected chi connectivity index (χ0v) is 13.8. The number of carbonyl (C=O) groups is 1. The van der Waals surface area contributed by atoms with Gasteiger partial charge < -0.3 is 14.5 Å². The SMILES string of the molecule is Cc1ccc2nc([C@@H]3CCCN(C(=O)Cn4ccnc4)C3)[nH]c2c1. The fraction of sp³-hybridized carbons (Fsp3) is 0.389. The molecule has 0 bridgehead atoms. The fourth-order valence-electron chi connectivity index (χ4n) is 3.40. The van der Waals surface area contributed by atoms with Crippen molar-refractivity contribution in [2.45, 2.75) is 32.2 Å². The highest BCUT2D eigenvalue weighted by molar-refractivity contribution is 5.77. The van der Waals surface area contributed by atoms with E-state index in [1.807, 2.05) is 15.7 Å². The number of benzene rings is 1. The summed E-state index contributed by atoms with van der Waals surface area (Å²) in [4.78, 5) is 26.6. The molecule has 0 aliphatic carbocycles. The first-order valence-corrected chi connectivity index (χ1v) is 8.39. The summed E-state index contributed by atoms with van der Waals surface area (Å²) in [6.07, 6.45) is 7.27. The summed E-state index contributed by atoms with van der Waals surface area (Å²) >= 11 is 0. The molecule has 3 heterocycles. The lowest BCUT2D eigenvalue weighted by Crippen LogP contribution is -2.41. The fourth-order valence-corrected chi connectivity index (χ4v) is 3.40. The molecule has 4 rings (SSSR count). The summed E-state index contributed by atoms with van der Waals surface area (Å²) in [5.41, 5.74) is 3.29. The van der Waals surface area contributed by atoms with Gasteiger partial charge in [0.05, 0.1) is 17.4 Å². The minimum absolute atomic E-state index is 0.143. The van der Waals surface area contributed by atoms with Crippen LogP contribution in [0.4, 0.5) is 0 Å². The van der Waals surface area contributed by atoms with E-state index < -0.39 is 0 Å². The van der Waals surface area contributed by atoms with Gasteiger partial charge in [0.15, 0.2) is 0 Å². The Labute approximate surface area is 140 Å². The average molecular weight is 323 g/mol. The van der Waals surface area contributed by atoms with Crippen LogP contribution in [0, 0.1) is 6.92 Å².